The van der Waals surface area contributed by atoms with E-state index >= 15 is 0 Å². The van der Waals surface area contributed by atoms with E-state index in [-0.39, 0.29) is 19.1 Å². The van der Waals surface area contributed by atoms with Crippen molar-refractivity contribution in [2.45, 2.75) is 25.9 Å². The number of likely N-dealkylation sites (N-methyl/N-ethyl adjacent to an activating group) is 1. The molecule has 0 fully saturated rings. The number of rotatable bonds is 4. The number of hydrogen-bond acceptors (Lipinski definition) is 4. The van der Waals surface area contributed by atoms with Crippen molar-refractivity contribution in [3.63, 3.8) is 0 Å². The monoisotopic (exact) mass is 281 g/mol. The molecule has 0 bridgehead atoms. The molecule has 1 rings (SSSR count). The Morgan fingerprint density at radius 1 is 1.53 bits per heavy atom. The van der Waals surface area contributed by atoms with E-state index in [0.29, 0.717) is 16.9 Å². The van der Waals surface area contributed by atoms with Gasteiger partial charge in [0.25, 0.3) is 5.91 Å². The molecule has 0 aromatic carbocycles. The van der Waals surface area contributed by atoms with Gasteiger partial charge in [-0.3, -0.25) is 4.79 Å². The smallest absolute Gasteiger partial charge is 0.265 e. The maximum Gasteiger partial charge on any atom is 0.265 e. The molecule has 0 spiro atoms. The van der Waals surface area contributed by atoms with E-state index in [0.717, 1.165) is 0 Å². The summed E-state index contributed by atoms with van der Waals surface area (Å²) in [6.45, 7) is 3.59. The molecule has 0 aliphatic heterocycles. The summed E-state index contributed by atoms with van der Waals surface area (Å²) in [4.78, 5) is 14.3. The molecule has 1 aromatic rings. The quantitative estimate of drug-likeness (QED) is 0.818. The molecule has 2 N–H and O–H groups in total. The lowest BCUT2D eigenvalue weighted by molar-refractivity contribution is 0.0370. The maximum absolute atomic E-state index is 12.2. The summed E-state index contributed by atoms with van der Waals surface area (Å²) in [5.41, 5.74) is -0.254. The first-order valence-corrected chi connectivity index (χ1v) is 6.88. The summed E-state index contributed by atoms with van der Waals surface area (Å²) >= 11 is 1.33. The second-order valence-corrected chi connectivity index (χ2v) is 5.83. The van der Waals surface area contributed by atoms with Gasteiger partial charge in [-0.05, 0) is 25.3 Å². The molecule has 1 heterocycles. The van der Waals surface area contributed by atoms with Crippen LogP contribution in [0.5, 0.6) is 0 Å². The van der Waals surface area contributed by atoms with Gasteiger partial charge in [0, 0.05) is 25.6 Å². The van der Waals surface area contributed by atoms with E-state index in [9.17, 15) is 9.90 Å². The van der Waals surface area contributed by atoms with Crippen LogP contribution in [-0.2, 0) is 0 Å². The van der Waals surface area contributed by atoms with E-state index in [2.05, 4.69) is 11.8 Å². The third-order valence-corrected chi connectivity index (χ3v) is 3.19. The Morgan fingerprint density at radius 2 is 2.21 bits per heavy atom. The van der Waals surface area contributed by atoms with Crippen LogP contribution in [0.4, 0.5) is 0 Å². The van der Waals surface area contributed by atoms with Crippen LogP contribution < -0.4 is 0 Å². The fraction of sp³-hybridized carbons (Fsp3) is 0.500. The highest BCUT2D eigenvalue weighted by molar-refractivity contribution is 7.12. The largest absolute Gasteiger partial charge is 0.395 e. The minimum atomic E-state index is -0.926. The summed E-state index contributed by atoms with van der Waals surface area (Å²) in [6, 6.07) is 1.79. The molecule has 0 aliphatic carbocycles. The van der Waals surface area contributed by atoms with Crippen LogP contribution in [0.1, 0.15) is 35.5 Å². The number of amides is 1. The van der Waals surface area contributed by atoms with Crippen LogP contribution >= 0.6 is 11.3 Å². The molecular formula is C14H19NO3S. The van der Waals surface area contributed by atoms with Gasteiger partial charge in [0.1, 0.15) is 4.88 Å². The van der Waals surface area contributed by atoms with E-state index in [4.69, 9.17) is 5.11 Å². The Labute approximate surface area is 117 Å². The molecule has 19 heavy (non-hydrogen) atoms. The van der Waals surface area contributed by atoms with Gasteiger partial charge >= 0.3 is 0 Å². The minimum absolute atomic E-state index is 0.0129. The number of aliphatic hydroxyl groups excluding tert-OH is 1. The van der Waals surface area contributed by atoms with Crippen LogP contribution in [-0.4, -0.2) is 46.8 Å². The number of carbonyl (C=O) groups excluding carboxylic acids is 1. The number of aliphatic hydroxyl groups is 2. The molecule has 5 heteroatoms. The molecule has 0 unspecified atom stereocenters. The summed E-state index contributed by atoms with van der Waals surface area (Å²) in [5.74, 6) is 5.54. The van der Waals surface area contributed by atoms with Crippen molar-refractivity contribution in [2.24, 2.45) is 0 Å². The number of hydrogen-bond donors (Lipinski definition) is 2. The first kappa shape index (κ1) is 15.7. The van der Waals surface area contributed by atoms with Gasteiger partial charge in [-0.2, -0.15) is 0 Å². The molecule has 0 atom stereocenters. The summed E-state index contributed by atoms with van der Waals surface area (Å²) in [5, 5.41) is 20.2. The van der Waals surface area contributed by atoms with E-state index in [1.807, 2.05) is 5.38 Å². The van der Waals surface area contributed by atoms with E-state index in [1.165, 1.54) is 16.2 Å². The van der Waals surface area contributed by atoms with Gasteiger partial charge in [-0.25, -0.2) is 0 Å². The van der Waals surface area contributed by atoms with E-state index in [1.54, 1.807) is 27.0 Å². The van der Waals surface area contributed by atoms with Crippen molar-refractivity contribution in [3.8, 4) is 11.8 Å². The predicted octanol–water partition coefficient (Wildman–Crippen LogP) is 1.32. The van der Waals surface area contributed by atoms with Gasteiger partial charge in [-0.15, -0.1) is 11.3 Å². The van der Waals surface area contributed by atoms with Gasteiger partial charge in [0.2, 0.25) is 0 Å². The standard InChI is InChI=1S/C14H19NO3S/c1-14(2,18)10-15(3)13(17)12-11(7-9-19-12)6-4-5-8-16/h7,9,16,18H,5,8,10H2,1-3H3. The van der Waals surface area contributed by atoms with Crippen LogP contribution in [0.2, 0.25) is 0 Å². The Kier molecular flexibility index (Phi) is 5.55. The van der Waals surface area contributed by atoms with Crippen molar-refractivity contribution in [1.82, 2.24) is 4.90 Å². The highest BCUT2D eigenvalue weighted by atomic mass is 32.1. The summed E-state index contributed by atoms with van der Waals surface area (Å²) in [6.07, 6.45) is 0.392. The SMILES string of the molecule is CN(CC(C)(C)O)C(=O)c1sccc1C#CCCO. The fourth-order valence-electron chi connectivity index (χ4n) is 1.61. The average molecular weight is 281 g/mol. The van der Waals surface area contributed by atoms with Crippen LogP contribution in [0.15, 0.2) is 11.4 Å². The number of nitrogens with zero attached hydrogens (tertiary/aromatic N) is 1. The zero-order valence-corrected chi connectivity index (χ0v) is 12.3. The Hall–Kier alpha value is -1.35. The van der Waals surface area contributed by atoms with Crippen molar-refractivity contribution >= 4 is 17.2 Å². The predicted molar refractivity (Wildman–Crippen MR) is 76.2 cm³/mol. The Balaban J connectivity index is 2.84. The second kappa shape index (κ2) is 6.71. The third-order valence-electron chi connectivity index (χ3n) is 2.29. The number of carbonyl (C=O) groups is 1. The van der Waals surface area contributed by atoms with Gasteiger partial charge < -0.3 is 15.1 Å². The van der Waals surface area contributed by atoms with Crippen molar-refractivity contribution in [3.05, 3.63) is 21.9 Å². The first-order valence-electron chi connectivity index (χ1n) is 6.00. The van der Waals surface area contributed by atoms with Crippen LogP contribution in [0.3, 0.4) is 0 Å². The molecule has 0 saturated heterocycles. The van der Waals surface area contributed by atoms with Crippen molar-refractivity contribution in [2.75, 3.05) is 20.2 Å². The number of thiophene rings is 1. The highest BCUT2D eigenvalue weighted by Gasteiger charge is 2.22. The van der Waals surface area contributed by atoms with Crippen molar-refractivity contribution < 1.29 is 15.0 Å². The fourth-order valence-corrected chi connectivity index (χ4v) is 2.46. The van der Waals surface area contributed by atoms with Crippen LogP contribution in [0, 0.1) is 11.8 Å². The zero-order valence-electron chi connectivity index (χ0n) is 11.4. The topological polar surface area (TPSA) is 60.8 Å². The lowest BCUT2D eigenvalue weighted by atomic mass is 10.1. The minimum Gasteiger partial charge on any atom is -0.395 e. The van der Waals surface area contributed by atoms with Crippen LogP contribution in [0.25, 0.3) is 0 Å². The molecule has 0 aliphatic rings. The highest BCUT2D eigenvalue weighted by Crippen LogP contribution is 2.18. The summed E-state index contributed by atoms with van der Waals surface area (Å²) in [7, 11) is 1.66. The van der Waals surface area contributed by atoms with Gasteiger partial charge in [0.15, 0.2) is 0 Å². The second-order valence-electron chi connectivity index (χ2n) is 4.91. The van der Waals surface area contributed by atoms with Crippen molar-refractivity contribution in [1.29, 1.82) is 0 Å². The molecular weight excluding hydrogens is 262 g/mol. The lowest BCUT2D eigenvalue weighted by Crippen LogP contribution is -2.39. The maximum atomic E-state index is 12.2. The zero-order chi connectivity index (χ0) is 14.5. The molecule has 1 aromatic heterocycles. The summed E-state index contributed by atoms with van der Waals surface area (Å²) < 4.78 is 0. The van der Waals surface area contributed by atoms with Gasteiger partial charge in [0.05, 0.1) is 12.2 Å². The molecule has 0 radical (unpaired) electrons. The Bertz CT molecular complexity index is 491. The first-order chi connectivity index (χ1) is 8.85. The molecule has 0 saturated carbocycles. The molecule has 104 valence electrons. The lowest BCUT2D eigenvalue weighted by Gasteiger charge is -2.25. The van der Waals surface area contributed by atoms with Gasteiger partial charge in [-0.1, -0.05) is 11.8 Å². The normalized spacial score (nSPS) is 10.8. The van der Waals surface area contributed by atoms with E-state index < -0.39 is 5.60 Å². The third kappa shape index (κ3) is 5.03. The molecule has 4 nitrogen and oxygen atoms in total. The molecule has 1 amide bonds. The Morgan fingerprint density at radius 3 is 2.79 bits per heavy atom. The average Bonchev–Trinajstić information content (AvgIpc) is 2.74.